The fourth-order valence-electron chi connectivity index (χ4n) is 2.01. The Kier molecular flexibility index (Phi) is 3.91. The molecule has 5 nitrogen and oxygen atoms in total. The van der Waals surface area contributed by atoms with E-state index in [2.05, 4.69) is 0 Å². The Morgan fingerprint density at radius 1 is 1.56 bits per heavy atom. The van der Waals surface area contributed by atoms with Crippen molar-refractivity contribution < 1.29 is 14.7 Å². The van der Waals surface area contributed by atoms with Crippen molar-refractivity contribution in [3.63, 3.8) is 0 Å². The third-order valence-corrected chi connectivity index (χ3v) is 3.30. The van der Waals surface area contributed by atoms with E-state index >= 15 is 0 Å². The number of hydrogen-bond donors (Lipinski definition) is 2. The van der Waals surface area contributed by atoms with Gasteiger partial charge < -0.3 is 15.7 Å². The summed E-state index contributed by atoms with van der Waals surface area (Å²) >= 11 is 0. The number of aliphatic carboxylic acids is 1. The molecule has 1 amide bonds. The van der Waals surface area contributed by atoms with Crippen LogP contribution < -0.4 is 5.73 Å². The number of piperidine rings is 1. The van der Waals surface area contributed by atoms with Crippen LogP contribution in [0.1, 0.15) is 26.7 Å². The van der Waals surface area contributed by atoms with E-state index in [1.54, 1.807) is 18.7 Å². The highest BCUT2D eigenvalue weighted by Crippen LogP contribution is 2.30. The molecule has 0 saturated carbocycles. The highest BCUT2D eigenvalue weighted by atomic mass is 16.4. The van der Waals surface area contributed by atoms with Gasteiger partial charge in [0.1, 0.15) is 0 Å². The van der Waals surface area contributed by atoms with E-state index in [1.807, 2.05) is 0 Å². The van der Waals surface area contributed by atoms with Gasteiger partial charge in [0.25, 0.3) is 0 Å². The normalized spacial score (nSPS) is 27.6. The standard InChI is InChI=1S/C11H20N2O3/c1-8(6-12)9(14)13-5-3-4-11(2,7-13)10(15)16/h8H,3-7,12H2,1-2H3,(H,15,16). The molecule has 2 atom stereocenters. The number of carboxylic acids is 1. The number of carbonyl (C=O) groups is 2. The third-order valence-electron chi connectivity index (χ3n) is 3.30. The lowest BCUT2D eigenvalue weighted by Crippen LogP contribution is -2.50. The molecule has 0 radical (unpaired) electrons. The van der Waals surface area contributed by atoms with E-state index in [-0.39, 0.29) is 11.8 Å². The van der Waals surface area contributed by atoms with Gasteiger partial charge in [-0.3, -0.25) is 9.59 Å². The fraction of sp³-hybridized carbons (Fsp3) is 0.818. The van der Waals surface area contributed by atoms with E-state index in [0.29, 0.717) is 26.1 Å². The van der Waals surface area contributed by atoms with Crippen molar-refractivity contribution in [3.8, 4) is 0 Å². The molecule has 2 unspecified atom stereocenters. The van der Waals surface area contributed by atoms with Crippen molar-refractivity contribution in [1.29, 1.82) is 0 Å². The Hall–Kier alpha value is -1.10. The Morgan fingerprint density at radius 3 is 2.69 bits per heavy atom. The van der Waals surface area contributed by atoms with E-state index in [0.717, 1.165) is 6.42 Å². The van der Waals surface area contributed by atoms with Gasteiger partial charge in [0, 0.05) is 25.6 Å². The van der Waals surface area contributed by atoms with Gasteiger partial charge in [-0.05, 0) is 19.8 Å². The van der Waals surface area contributed by atoms with Gasteiger partial charge in [0.05, 0.1) is 5.41 Å². The van der Waals surface area contributed by atoms with Crippen molar-refractivity contribution >= 4 is 11.9 Å². The fourth-order valence-corrected chi connectivity index (χ4v) is 2.01. The van der Waals surface area contributed by atoms with Gasteiger partial charge in [0.2, 0.25) is 5.91 Å². The molecule has 1 aliphatic rings. The number of carbonyl (C=O) groups excluding carboxylic acids is 1. The predicted molar refractivity (Wildman–Crippen MR) is 59.8 cm³/mol. The number of amides is 1. The maximum atomic E-state index is 11.9. The summed E-state index contributed by atoms with van der Waals surface area (Å²) in [6, 6.07) is 0. The Balaban J connectivity index is 2.71. The molecule has 3 N–H and O–H groups in total. The molecule has 5 heteroatoms. The quantitative estimate of drug-likeness (QED) is 0.727. The van der Waals surface area contributed by atoms with E-state index < -0.39 is 11.4 Å². The average molecular weight is 228 g/mol. The van der Waals surface area contributed by atoms with E-state index in [9.17, 15) is 9.59 Å². The second kappa shape index (κ2) is 4.82. The van der Waals surface area contributed by atoms with Crippen molar-refractivity contribution in [2.24, 2.45) is 17.1 Å². The lowest BCUT2D eigenvalue weighted by Gasteiger charge is -2.38. The van der Waals surface area contributed by atoms with Crippen molar-refractivity contribution in [2.75, 3.05) is 19.6 Å². The maximum Gasteiger partial charge on any atom is 0.311 e. The molecule has 1 heterocycles. The SMILES string of the molecule is CC(CN)C(=O)N1CCCC(C)(C(=O)O)C1. The van der Waals surface area contributed by atoms with Crippen LogP contribution in [-0.4, -0.2) is 41.5 Å². The molecule has 1 rings (SSSR count). The first-order chi connectivity index (χ1) is 7.40. The number of hydrogen-bond acceptors (Lipinski definition) is 3. The van der Waals surface area contributed by atoms with Gasteiger partial charge in [-0.15, -0.1) is 0 Å². The van der Waals surface area contributed by atoms with Gasteiger partial charge >= 0.3 is 5.97 Å². The summed E-state index contributed by atoms with van der Waals surface area (Å²) in [5.41, 5.74) is 4.64. The average Bonchev–Trinajstić information content (AvgIpc) is 2.27. The minimum Gasteiger partial charge on any atom is -0.481 e. The van der Waals surface area contributed by atoms with Crippen LogP contribution in [0.4, 0.5) is 0 Å². The highest BCUT2D eigenvalue weighted by molar-refractivity contribution is 5.81. The second-order valence-electron chi connectivity index (χ2n) is 4.87. The van der Waals surface area contributed by atoms with Crippen LogP contribution >= 0.6 is 0 Å². The minimum atomic E-state index is -0.828. The number of rotatable bonds is 3. The Labute approximate surface area is 95.6 Å². The lowest BCUT2D eigenvalue weighted by atomic mass is 9.81. The summed E-state index contributed by atoms with van der Waals surface area (Å²) in [5.74, 6) is -1.09. The highest BCUT2D eigenvalue weighted by Gasteiger charge is 2.39. The molecule has 0 bridgehead atoms. The largest absolute Gasteiger partial charge is 0.481 e. The summed E-state index contributed by atoms with van der Waals surface area (Å²) in [5, 5.41) is 9.13. The smallest absolute Gasteiger partial charge is 0.311 e. The molecule has 1 saturated heterocycles. The lowest BCUT2D eigenvalue weighted by molar-refractivity contribution is -0.154. The monoisotopic (exact) mass is 228 g/mol. The molecular formula is C11H20N2O3. The molecule has 0 aromatic heterocycles. The van der Waals surface area contributed by atoms with E-state index in [1.165, 1.54) is 0 Å². The van der Waals surface area contributed by atoms with Crippen LogP contribution in [0.15, 0.2) is 0 Å². The summed E-state index contributed by atoms with van der Waals surface area (Å²) in [7, 11) is 0. The minimum absolute atomic E-state index is 0.0327. The third kappa shape index (κ3) is 2.52. The van der Waals surface area contributed by atoms with Crippen LogP contribution in [0.3, 0.4) is 0 Å². The summed E-state index contributed by atoms with van der Waals surface area (Å²) in [6.45, 7) is 4.72. The number of nitrogens with zero attached hydrogens (tertiary/aromatic N) is 1. The Bertz CT molecular complexity index is 293. The number of likely N-dealkylation sites (tertiary alicyclic amines) is 1. The molecule has 0 spiro atoms. The van der Waals surface area contributed by atoms with E-state index in [4.69, 9.17) is 10.8 Å². The van der Waals surface area contributed by atoms with Crippen molar-refractivity contribution in [1.82, 2.24) is 4.90 Å². The molecule has 1 aliphatic heterocycles. The summed E-state index contributed by atoms with van der Waals surface area (Å²) in [4.78, 5) is 24.6. The second-order valence-corrected chi connectivity index (χ2v) is 4.87. The summed E-state index contributed by atoms with van der Waals surface area (Å²) < 4.78 is 0. The van der Waals surface area contributed by atoms with Crippen LogP contribution in [0.5, 0.6) is 0 Å². The molecule has 16 heavy (non-hydrogen) atoms. The molecule has 0 aliphatic carbocycles. The summed E-state index contributed by atoms with van der Waals surface area (Å²) in [6.07, 6.45) is 1.37. The number of nitrogens with two attached hydrogens (primary N) is 1. The topological polar surface area (TPSA) is 83.6 Å². The van der Waals surface area contributed by atoms with Crippen molar-refractivity contribution in [2.45, 2.75) is 26.7 Å². The zero-order chi connectivity index (χ0) is 12.3. The molecule has 0 aromatic carbocycles. The van der Waals surface area contributed by atoms with Crippen LogP contribution in [-0.2, 0) is 9.59 Å². The Morgan fingerprint density at radius 2 is 2.19 bits per heavy atom. The van der Waals surface area contributed by atoms with Crippen molar-refractivity contribution in [3.05, 3.63) is 0 Å². The first kappa shape index (κ1) is 13.0. The van der Waals surface area contributed by atoms with Crippen LogP contribution in [0, 0.1) is 11.3 Å². The zero-order valence-corrected chi connectivity index (χ0v) is 9.90. The molecular weight excluding hydrogens is 208 g/mol. The van der Waals surface area contributed by atoms with Gasteiger partial charge in [-0.25, -0.2) is 0 Å². The predicted octanol–water partition coefficient (Wildman–Crippen LogP) is 0.295. The maximum absolute atomic E-state index is 11.9. The first-order valence-electron chi connectivity index (χ1n) is 5.63. The van der Waals surface area contributed by atoms with Gasteiger partial charge in [-0.1, -0.05) is 6.92 Å². The van der Waals surface area contributed by atoms with Crippen LogP contribution in [0.25, 0.3) is 0 Å². The molecule has 92 valence electrons. The first-order valence-corrected chi connectivity index (χ1v) is 5.63. The number of carboxylic acid groups (broad SMARTS) is 1. The van der Waals surface area contributed by atoms with Gasteiger partial charge in [-0.2, -0.15) is 0 Å². The zero-order valence-electron chi connectivity index (χ0n) is 9.90. The van der Waals surface area contributed by atoms with Gasteiger partial charge in [0.15, 0.2) is 0 Å². The van der Waals surface area contributed by atoms with Crippen LogP contribution in [0.2, 0.25) is 0 Å². The molecule has 1 fully saturated rings. The molecule has 0 aromatic rings.